The average molecular weight is 493 g/mol. The lowest BCUT2D eigenvalue weighted by molar-refractivity contribution is -0.892. The molecule has 3 atom stereocenters. The van der Waals surface area contributed by atoms with E-state index in [0.29, 0.717) is 42.9 Å². The molecule has 196 valence electrons. The lowest BCUT2D eigenvalue weighted by atomic mass is 9.91. The number of carbonyl (C=O) groups is 1. The van der Waals surface area contributed by atoms with Crippen molar-refractivity contribution in [1.29, 1.82) is 0 Å². The minimum atomic E-state index is -0.747. The van der Waals surface area contributed by atoms with E-state index >= 15 is 0 Å². The van der Waals surface area contributed by atoms with Crippen molar-refractivity contribution in [2.45, 2.75) is 82.5 Å². The Kier molecular flexibility index (Phi) is 9.74. The van der Waals surface area contributed by atoms with Gasteiger partial charge in [-0.15, -0.1) is 10.1 Å². The minimum absolute atomic E-state index is 0.110. The monoisotopic (exact) mass is 492 g/mol. The molecule has 0 aromatic heterocycles. The Balaban J connectivity index is 1.53. The van der Waals surface area contributed by atoms with Gasteiger partial charge in [0.1, 0.15) is 31.1 Å². The van der Waals surface area contributed by atoms with Gasteiger partial charge in [-0.3, -0.25) is 4.79 Å². The summed E-state index contributed by atoms with van der Waals surface area (Å²) in [6, 6.07) is 7.84. The SMILES string of the molecule is CC(=O)N(CC[N+](C)(C)CC(O)COc1ccccc1C1CCCC1)C1CCCCC1O[N+](=O)[O-]. The molecule has 2 aliphatic rings. The molecular formula is C26H42N3O6+. The number of aliphatic hydroxyl groups is 1. The van der Waals surface area contributed by atoms with Crippen LogP contribution in [0.2, 0.25) is 0 Å². The molecule has 3 rings (SSSR count). The highest BCUT2D eigenvalue weighted by atomic mass is 17.0. The third-order valence-corrected chi connectivity index (χ3v) is 7.49. The smallest absolute Gasteiger partial charge is 0.294 e. The maximum Gasteiger partial charge on any atom is 0.294 e. The van der Waals surface area contributed by atoms with Crippen LogP contribution in [0.15, 0.2) is 24.3 Å². The summed E-state index contributed by atoms with van der Waals surface area (Å²) in [5.74, 6) is 1.29. The van der Waals surface area contributed by atoms with Gasteiger partial charge in [0, 0.05) is 6.92 Å². The molecule has 0 saturated heterocycles. The second-order valence-corrected chi connectivity index (χ2v) is 10.8. The molecule has 2 aliphatic carbocycles. The van der Waals surface area contributed by atoms with Gasteiger partial charge in [-0.05, 0) is 43.2 Å². The van der Waals surface area contributed by atoms with Crippen LogP contribution in [0, 0.1) is 10.1 Å². The van der Waals surface area contributed by atoms with E-state index in [-0.39, 0.29) is 18.6 Å². The van der Waals surface area contributed by atoms with Crippen molar-refractivity contribution in [3.8, 4) is 5.75 Å². The highest BCUT2D eigenvalue weighted by Crippen LogP contribution is 2.38. The zero-order valence-corrected chi connectivity index (χ0v) is 21.4. The molecule has 9 heteroatoms. The van der Waals surface area contributed by atoms with E-state index in [9.17, 15) is 20.0 Å². The van der Waals surface area contributed by atoms with E-state index in [4.69, 9.17) is 9.57 Å². The van der Waals surface area contributed by atoms with E-state index in [1.165, 1.54) is 38.2 Å². The predicted molar refractivity (Wildman–Crippen MR) is 133 cm³/mol. The van der Waals surface area contributed by atoms with Crippen LogP contribution in [-0.4, -0.2) is 84.1 Å². The summed E-state index contributed by atoms with van der Waals surface area (Å²) < 4.78 is 6.55. The molecule has 35 heavy (non-hydrogen) atoms. The van der Waals surface area contributed by atoms with Gasteiger partial charge in [0.05, 0.1) is 33.2 Å². The van der Waals surface area contributed by atoms with Gasteiger partial charge < -0.3 is 24.1 Å². The molecule has 1 amide bonds. The normalized spacial score (nSPS) is 21.9. The first-order valence-electron chi connectivity index (χ1n) is 13.0. The zero-order valence-electron chi connectivity index (χ0n) is 21.4. The molecule has 0 radical (unpaired) electrons. The van der Waals surface area contributed by atoms with Crippen LogP contribution < -0.4 is 4.74 Å². The number of para-hydroxylation sites is 1. The first-order chi connectivity index (χ1) is 16.7. The maximum atomic E-state index is 12.4. The topological polar surface area (TPSA) is 102 Å². The molecule has 1 N–H and O–H groups in total. The van der Waals surface area contributed by atoms with Crippen molar-refractivity contribution in [3.63, 3.8) is 0 Å². The molecule has 1 aromatic carbocycles. The van der Waals surface area contributed by atoms with Gasteiger partial charge in [-0.2, -0.15) is 0 Å². The fourth-order valence-electron chi connectivity index (χ4n) is 5.69. The van der Waals surface area contributed by atoms with E-state index in [1.54, 1.807) is 4.90 Å². The summed E-state index contributed by atoms with van der Waals surface area (Å²) in [5.41, 5.74) is 1.24. The van der Waals surface area contributed by atoms with Crippen LogP contribution in [-0.2, 0) is 9.63 Å². The van der Waals surface area contributed by atoms with Gasteiger partial charge in [0.15, 0.2) is 0 Å². The summed E-state index contributed by atoms with van der Waals surface area (Å²) in [7, 11) is 4.03. The van der Waals surface area contributed by atoms with E-state index < -0.39 is 17.3 Å². The summed E-state index contributed by atoms with van der Waals surface area (Å²) in [6.07, 6.45) is 6.69. The summed E-state index contributed by atoms with van der Waals surface area (Å²) in [4.78, 5) is 30.0. The van der Waals surface area contributed by atoms with Gasteiger partial charge in [0.2, 0.25) is 5.91 Å². The predicted octanol–water partition coefficient (Wildman–Crippen LogP) is 3.53. The second-order valence-electron chi connectivity index (χ2n) is 10.8. The van der Waals surface area contributed by atoms with Gasteiger partial charge in [-0.1, -0.05) is 43.9 Å². The number of ether oxygens (including phenoxy) is 1. The Labute approximate surface area is 208 Å². The van der Waals surface area contributed by atoms with Crippen molar-refractivity contribution in [2.75, 3.05) is 40.3 Å². The van der Waals surface area contributed by atoms with Crippen molar-refractivity contribution in [3.05, 3.63) is 39.9 Å². The molecule has 0 bridgehead atoms. The van der Waals surface area contributed by atoms with Crippen LogP contribution in [0.5, 0.6) is 5.75 Å². The van der Waals surface area contributed by atoms with E-state index in [0.717, 1.165) is 18.6 Å². The Morgan fingerprint density at radius 3 is 2.51 bits per heavy atom. The molecule has 2 saturated carbocycles. The van der Waals surface area contributed by atoms with E-state index in [2.05, 4.69) is 6.07 Å². The average Bonchev–Trinajstić information content (AvgIpc) is 3.33. The maximum absolute atomic E-state index is 12.4. The van der Waals surface area contributed by atoms with Crippen LogP contribution in [0.4, 0.5) is 0 Å². The Hall–Kier alpha value is -2.39. The summed E-state index contributed by atoms with van der Waals surface area (Å²) >= 11 is 0. The van der Waals surface area contributed by atoms with Crippen molar-refractivity contribution < 1.29 is 29.0 Å². The van der Waals surface area contributed by atoms with Crippen LogP contribution in [0.25, 0.3) is 0 Å². The van der Waals surface area contributed by atoms with Crippen molar-refractivity contribution >= 4 is 5.91 Å². The molecule has 2 fully saturated rings. The number of rotatable bonds is 12. The second kappa shape index (κ2) is 12.5. The van der Waals surface area contributed by atoms with Gasteiger partial charge in [-0.25, -0.2) is 0 Å². The highest BCUT2D eigenvalue weighted by Gasteiger charge is 2.35. The van der Waals surface area contributed by atoms with Crippen LogP contribution in [0.3, 0.4) is 0 Å². The number of carbonyl (C=O) groups excluding carboxylic acids is 1. The largest absolute Gasteiger partial charge is 0.490 e. The lowest BCUT2D eigenvalue weighted by Crippen LogP contribution is -2.55. The first-order valence-corrected chi connectivity index (χ1v) is 13.0. The van der Waals surface area contributed by atoms with E-state index in [1.807, 2.05) is 32.3 Å². The number of hydrogen-bond acceptors (Lipinski definition) is 6. The summed E-state index contributed by atoms with van der Waals surface area (Å²) in [6.45, 7) is 3.24. The molecule has 0 heterocycles. The first kappa shape index (κ1) is 27.2. The van der Waals surface area contributed by atoms with Gasteiger partial charge >= 0.3 is 0 Å². The zero-order chi connectivity index (χ0) is 25.4. The lowest BCUT2D eigenvalue weighted by Gasteiger charge is -2.40. The number of amides is 1. The Bertz CT molecular complexity index is 842. The standard InChI is InChI=1S/C26H42N3O6/c1-20(30)27(24-13-7-9-15-26(24)35-28(32)33)16-17-29(2,3)18-22(31)19-34-25-14-8-6-12-23(25)21-10-4-5-11-21/h6,8,12,14,21-22,24,26,31H,4-5,7,9-11,13,15-19H2,1-3H3/q+1. The summed E-state index contributed by atoms with van der Waals surface area (Å²) in [5, 5.41) is 20.9. The quantitative estimate of drug-likeness (QED) is 0.272. The van der Waals surface area contributed by atoms with Crippen molar-refractivity contribution in [2.24, 2.45) is 0 Å². The fourth-order valence-corrected chi connectivity index (χ4v) is 5.69. The van der Waals surface area contributed by atoms with Crippen LogP contribution >= 0.6 is 0 Å². The van der Waals surface area contributed by atoms with Crippen molar-refractivity contribution in [1.82, 2.24) is 4.90 Å². The number of nitrogens with zero attached hydrogens (tertiary/aromatic N) is 3. The van der Waals surface area contributed by atoms with Crippen LogP contribution in [0.1, 0.15) is 69.8 Å². The molecule has 0 spiro atoms. The number of quaternary nitrogens is 1. The fraction of sp³-hybridized carbons (Fsp3) is 0.731. The molecule has 9 nitrogen and oxygen atoms in total. The molecule has 0 aliphatic heterocycles. The number of hydrogen-bond donors (Lipinski definition) is 1. The highest BCUT2D eigenvalue weighted by molar-refractivity contribution is 5.73. The number of likely N-dealkylation sites (N-methyl/N-ethyl adjacent to an activating group) is 1. The molecular weight excluding hydrogens is 450 g/mol. The molecule has 1 aromatic rings. The van der Waals surface area contributed by atoms with Gasteiger partial charge in [0.25, 0.3) is 5.09 Å². The Morgan fingerprint density at radius 1 is 1.17 bits per heavy atom. The molecule has 3 unspecified atom stereocenters. The number of benzene rings is 1. The Morgan fingerprint density at radius 2 is 1.83 bits per heavy atom. The third kappa shape index (κ3) is 8.07. The third-order valence-electron chi connectivity index (χ3n) is 7.49. The number of aliphatic hydroxyl groups excluding tert-OH is 1. The minimum Gasteiger partial charge on any atom is -0.490 e.